The van der Waals surface area contributed by atoms with Crippen molar-refractivity contribution in [2.24, 2.45) is 0 Å². The van der Waals surface area contributed by atoms with Crippen LogP contribution in [-0.2, 0) is 6.42 Å². The number of hydrogen-bond acceptors (Lipinski definition) is 3. The SMILES string of the molecule is CCCc1nc2cc(F)ccc2cc1C(C)N1C(=O)c2ccccc2C1=O. The van der Waals surface area contributed by atoms with E-state index in [2.05, 4.69) is 4.98 Å². The molecule has 2 aromatic carbocycles. The van der Waals surface area contributed by atoms with Crippen LogP contribution >= 0.6 is 0 Å². The molecule has 2 heterocycles. The Kier molecular flexibility index (Phi) is 4.22. The van der Waals surface area contributed by atoms with E-state index >= 15 is 0 Å². The van der Waals surface area contributed by atoms with Crippen LogP contribution < -0.4 is 0 Å². The number of amides is 2. The summed E-state index contributed by atoms with van der Waals surface area (Å²) in [4.78, 5) is 31.6. The third-order valence-electron chi connectivity index (χ3n) is 5.04. The monoisotopic (exact) mass is 362 g/mol. The summed E-state index contributed by atoms with van der Waals surface area (Å²) in [6.07, 6.45) is 1.55. The second-order valence-electron chi connectivity index (χ2n) is 6.81. The van der Waals surface area contributed by atoms with Crippen molar-refractivity contribution >= 4 is 22.7 Å². The number of rotatable bonds is 4. The zero-order valence-electron chi connectivity index (χ0n) is 15.2. The summed E-state index contributed by atoms with van der Waals surface area (Å²) in [5.41, 5.74) is 3.06. The van der Waals surface area contributed by atoms with Crippen molar-refractivity contribution in [1.82, 2.24) is 9.88 Å². The molecule has 0 spiro atoms. The Hall–Kier alpha value is -3.08. The van der Waals surface area contributed by atoms with Crippen molar-refractivity contribution in [3.63, 3.8) is 0 Å². The smallest absolute Gasteiger partial charge is 0.262 e. The van der Waals surface area contributed by atoms with E-state index in [4.69, 9.17) is 0 Å². The molecule has 0 N–H and O–H groups in total. The predicted molar refractivity (Wildman–Crippen MR) is 101 cm³/mol. The van der Waals surface area contributed by atoms with Crippen LogP contribution in [0.5, 0.6) is 0 Å². The van der Waals surface area contributed by atoms with Gasteiger partial charge in [0, 0.05) is 17.1 Å². The normalized spacial score (nSPS) is 14.7. The molecule has 1 unspecified atom stereocenters. The van der Waals surface area contributed by atoms with E-state index < -0.39 is 6.04 Å². The number of aromatic nitrogens is 1. The lowest BCUT2D eigenvalue weighted by Crippen LogP contribution is -2.33. The molecule has 4 rings (SSSR count). The lowest BCUT2D eigenvalue weighted by atomic mass is 9.99. The molecule has 5 heteroatoms. The largest absolute Gasteiger partial charge is 0.269 e. The zero-order chi connectivity index (χ0) is 19.1. The van der Waals surface area contributed by atoms with E-state index in [0.29, 0.717) is 23.1 Å². The summed E-state index contributed by atoms with van der Waals surface area (Å²) in [5.74, 6) is -0.909. The average molecular weight is 362 g/mol. The Labute approximate surface area is 156 Å². The van der Waals surface area contributed by atoms with Gasteiger partial charge < -0.3 is 0 Å². The van der Waals surface area contributed by atoms with Crippen molar-refractivity contribution in [2.75, 3.05) is 0 Å². The number of halogens is 1. The fraction of sp³-hybridized carbons (Fsp3) is 0.227. The van der Waals surface area contributed by atoms with E-state index in [-0.39, 0.29) is 17.6 Å². The molecule has 0 saturated heterocycles. The molecule has 0 radical (unpaired) electrons. The second kappa shape index (κ2) is 6.58. The lowest BCUT2D eigenvalue weighted by Gasteiger charge is -2.25. The van der Waals surface area contributed by atoms with Crippen LogP contribution in [-0.4, -0.2) is 21.7 Å². The minimum absolute atomic E-state index is 0.287. The highest BCUT2D eigenvalue weighted by molar-refractivity contribution is 6.21. The van der Waals surface area contributed by atoms with E-state index in [1.165, 1.54) is 17.0 Å². The molecule has 0 saturated carbocycles. The van der Waals surface area contributed by atoms with Gasteiger partial charge in [-0.15, -0.1) is 0 Å². The Bertz CT molecular complexity index is 1040. The first kappa shape index (κ1) is 17.3. The molecule has 3 aromatic rings. The standard InChI is InChI=1S/C22H19FN2O2/c1-3-6-19-18(11-14-9-10-15(23)12-20(14)24-19)13(2)25-21(26)16-7-4-5-8-17(16)22(25)27/h4-5,7-13H,3,6H2,1-2H3. The number of carbonyl (C=O) groups is 2. The van der Waals surface area contributed by atoms with Crippen LogP contribution in [0.3, 0.4) is 0 Å². The Morgan fingerprint density at radius 3 is 2.33 bits per heavy atom. The molecule has 0 bridgehead atoms. The van der Waals surface area contributed by atoms with Crippen molar-refractivity contribution in [3.05, 3.63) is 76.7 Å². The fourth-order valence-corrected chi connectivity index (χ4v) is 3.69. The highest BCUT2D eigenvalue weighted by Crippen LogP contribution is 2.33. The van der Waals surface area contributed by atoms with Crippen LogP contribution in [0.1, 0.15) is 58.3 Å². The van der Waals surface area contributed by atoms with E-state index in [1.54, 1.807) is 30.3 Å². The molecule has 4 nitrogen and oxygen atoms in total. The number of nitrogens with zero attached hydrogens (tertiary/aromatic N) is 2. The molecule has 1 aliphatic heterocycles. The Morgan fingerprint density at radius 1 is 1.04 bits per heavy atom. The highest BCUT2D eigenvalue weighted by atomic mass is 19.1. The number of fused-ring (bicyclic) bond motifs is 2. The molecule has 2 amide bonds. The maximum atomic E-state index is 13.6. The predicted octanol–water partition coefficient (Wildman–Crippen LogP) is 4.68. The minimum atomic E-state index is -0.457. The van der Waals surface area contributed by atoms with E-state index in [9.17, 15) is 14.0 Å². The summed E-state index contributed by atoms with van der Waals surface area (Å²) in [6, 6.07) is 12.8. The quantitative estimate of drug-likeness (QED) is 0.633. The fourth-order valence-electron chi connectivity index (χ4n) is 3.69. The first-order chi connectivity index (χ1) is 13.0. The van der Waals surface area contributed by atoms with Gasteiger partial charge in [-0.3, -0.25) is 19.5 Å². The van der Waals surface area contributed by atoms with Gasteiger partial charge >= 0.3 is 0 Å². The molecular formula is C22H19FN2O2. The summed E-state index contributed by atoms with van der Waals surface area (Å²) in [5, 5.41) is 0.787. The molecule has 1 atom stereocenters. The van der Waals surface area contributed by atoms with Crippen molar-refractivity contribution in [1.29, 1.82) is 0 Å². The van der Waals surface area contributed by atoms with Crippen molar-refractivity contribution in [3.8, 4) is 0 Å². The highest BCUT2D eigenvalue weighted by Gasteiger charge is 2.39. The number of aryl methyl sites for hydroxylation is 1. The number of imide groups is 1. The summed E-state index contributed by atoms with van der Waals surface area (Å²) < 4.78 is 13.6. The van der Waals surface area contributed by atoms with Gasteiger partial charge in [0.15, 0.2) is 0 Å². The molecule has 27 heavy (non-hydrogen) atoms. The third-order valence-corrected chi connectivity index (χ3v) is 5.04. The van der Waals surface area contributed by atoms with Gasteiger partial charge in [-0.1, -0.05) is 25.5 Å². The van der Waals surface area contributed by atoms with Gasteiger partial charge in [0.2, 0.25) is 0 Å². The number of benzene rings is 2. The van der Waals surface area contributed by atoms with Gasteiger partial charge in [0.05, 0.1) is 22.7 Å². The summed E-state index contributed by atoms with van der Waals surface area (Å²) in [6.45, 7) is 3.88. The number of carbonyl (C=O) groups excluding carboxylic acids is 2. The topological polar surface area (TPSA) is 50.3 Å². The van der Waals surface area contributed by atoms with Crippen molar-refractivity contribution < 1.29 is 14.0 Å². The van der Waals surface area contributed by atoms with Gasteiger partial charge in [-0.25, -0.2) is 4.39 Å². The van der Waals surface area contributed by atoms with Gasteiger partial charge in [0.25, 0.3) is 11.8 Å². The summed E-state index contributed by atoms with van der Waals surface area (Å²) in [7, 11) is 0. The lowest BCUT2D eigenvalue weighted by molar-refractivity contribution is 0.0594. The van der Waals surface area contributed by atoms with Crippen LogP contribution in [0.2, 0.25) is 0 Å². The second-order valence-corrected chi connectivity index (χ2v) is 6.81. The molecule has 136 valence electrons. The van der Waals surface area contributed by atoms with E-state index in [1.807, 2.05) is 19.9 Å². The van der Waals surface area contributed by atoms with Crippen LogP contribution in [0.15, 0.2) is 48.5 Å². The first-order valence-corrected chi connectivity index (χ1v) is 9.07. The average Bonchev–Trinajstić information content (AvgIpc) is 2.92. The van der Waals surface area contributed by atoms with E-state index in [0.717, 1.165) is 23.1 Å². The zero-order valence-corrected chi connectivity index (χ0v) is 15.2. The maximum Gasteiger partial charge on any atom is 0.262 e. The van der Waals surface area contributed by atoms with Gasteiger partial charge in [-0.2, -0.15) is 0 Å². The molecule has 1 aromatic heterocycles. The third kappa shape index (κ3) is 2.79. The minimum Gasteiger partial charge on any atom is -0.269 e. The Morgan fingerprint density at radius 2 is 1.70 bits per heavy atom. The molecule has 1 aliphatic rings. The first-order valence-electron chi connectivity index (χ1n) is 9.07. The van der Waals surface area contributed by atoms with Crippen LogP contribution in [0.25, 0.3) is 10.9 Å². The number of pyridine rings is 1. The van der Waals surface area contributed by atoms with Crippen LogP contribution in [0.4, 0.5) is 4.39 Å². The molecular weight excluding hydrogens is 343 g/mol. The molecule has 0 aliphatic carbocycles. The van der Waals surface area contributed by atoms with Gasteiger partial charge in [0.1, 0.15) is 5.82 Å². The number of hydrogen-bond donors (Lipinski definition) is 0. The Balaban J connectivity index is 1.82. The molecule has 0 fully saturated rings. The van der Waals surface area contributed by atoms with Crippen molar-refractivity contribution in [2.45, 2.75) is 32.7 Å². The van der Waals surface area contributed by atoms with Gasteiger partial charge in [-0.05, 0) is 49.2 Å². The maximum absolute atomic E-state index is 13.6. The summed E-state index contributed by atoms with van der Waals surface area (Å²) >= 11 is 0. The van der Waals surface area contributed by atoms with Crippen LogP contribution in [0, 0.1) is 5.82 Å².